The third-order valence-corrected chi connectivity index (χ3v) is 8.15. The number of alkyl halides is 3. The number of nitrogens with zero attached hydrogens (tertiary/aromatic N) is 3. The number of aryl methyl sites for hydroxylation is 3. The van der Waals surface area contributed by atoms with Crippen LogP contribution in [0.3, 0.4) is 0 Å². The van der Waals surface area contributed by atoms with Gasteiger partial charge in [-0.05, 0) is 86.2 Å². The molecule has 2 heterocycles. The summed E-state index contributed by atoms with van der Waals surface area (Å²) in [6, 6.07) is 9.03. The van der Waals surface area contributed by atoms with Gasteiger partial charge in [0.1, 0.15) is 22.8 Å². The molecule has 0 aliphatic rings. The van der Waals surface area contributed by atoms with E-state index in [-0.39, 0.29) is 11.3 Å². The lowest BCUT2D eigenvalue weighted by Gasteiger charge is -2.22. The SMILES string of the molecule is CCc1cc(C)c(C(C#N)=C(c2ccc(S(=O)(=O)NC(C)C(F)(F)F)cn2)C(CC)c2cc(C)ccn2)cc1F. The molecular formula is C29H30F4N4O2S. The lowest BCUT2D eigenvalue weighted by Crippen LogP contribution is -2.42. The fourth-order valence-electron chi connectivity index (χ4n) is 4.41. The van der Waals surface area contributed by atoms with E-state index in [1.54, 1.807) is 23.9 Å². The fraction of sp³-hybridized carbons (Fsp3) is 0.345. The summed E-state index contributed by atoms with van der Waals surface area (Å²) in [5, 5.41) is 10.4. The largest absolute Gasteiger partial charge is 0.404 e. The zero-order valence-corrected chi connectivity index (χ0v) is 23.6. The Bertz CT molecular complexity index is 1560. The number of hydrogen-bond acceptors (Lipinski definition) is 5. The highest BCUT2D eigenvalue weighted by Gasteiger charge is 2.39. The van der Waals surface area contributed by atoms with Crippen LogP contribution < -0.4 is 4.72 Å². The van der Waals surface area contributed by atoms with Crippen molar-refractivity contribution < 1.29 is 26.0 Å². The number of halogens is 4. The second-order valence-corrected chi connectivity index (χ2v) is 11.2. The van der Waals surface area contributed by atoms with Crippen molar-refractivity contribution in [1.82, 2.24) is 14.7 Å². The first kappa shape index (κ1) is 30.9. The van der Waals surface area contributed by atoms with Gasteiger partial charge in [-0.25, -0.2) is 12.8 Å². The van der Waals surface area contributed by atoms with Gasteiger partial charge in [0.15, 0.2) is 0 Å². The van der Waals surface area contributed by atoms with Crippen LogP contribution in [-0.4, -0.2) is 30.6 Å². The van der Waals surface area contributed by atoms with Gasteiger partial charge in [0.05, 0.1) is 11.3 Å². The van der Waals surface area contributed by atoms with Crippen molar-refractivity contribution in [3.63, 3.8) is 0 Å². The predicted octanol–water partition coefficient (Wildman–Crippen LogP) is 6.65. The molecule has 1 aromatic carbocycles. The van der Waals surface area contributed by atoms with E-state index < -0.39 is 38.9 Å². The molecule has 0 amide bonds. The molecule has 2 atom stereocenters. The summed E-state index contributed by atoms with van der Waals surface area (Å²) in [5.74, 6) is -0.947. The van der Waals surface area contributed by atoms with Crippen LogP contribution in [0, 0.1) is 31.0 Å². The van der Waals surface area contributed by atoms with Crippen molar-refractivity contribution in [2.75, 3.05) is 0 Å². The van der Waals surface area contributed by atoms with Crippen LogP contribution in [0.1, 0.15) is 66.8 Å². The number of pyridine rings is 2. The summed E-state index contributed by atoms with van der Waals surface area (Å²) in [5.41, 5.74) is 3.84. The van der Waals surface area contributed by atoms with E-state index in [0.717, 1.165) is 17.8 Å². The summed E-state index contributed by atoms with van der Waals surface area (Å²) in [4.78, 5) is 8.30. The highest BCUT2D eigenvalue weighted by atomic mass is 32.2. The molecule has 3 rings (SSSR count). The van der Waals surface area contributed by atoms with E-state index in [0.29, 0.717) is 47.7 Å². The minimum Gasteiger partial charge on any atom is -0.261 e. The minimum atomic E-state index is -4.77. The molecule has 0 bridgehead atoms. The molecule has 0 radical (unpaired) electrons. The molecule has 0 spiro atoms. The number of allylic oxidation sites excluding steroid dienone is 2. The molecule has 0 saturated heterocycles. The molecule has 2 unspecified atom stereocenters. The molecule has 6 nitrogen and oxygen atoms in total. The highest BCUT2D eigenvalue weighted by molar-refractivity contribution is 7.89. The molecule has 2 aromatic heterocycles. The van der Waals surface area contributed by atoms with Gasteiger partial charge in [0.2, 0.25) is 10.0 Å². The van der Waals surface area contributed by atoms with E-state index in [4.69, 9.17) is 0 Å². The van der Waals surface area contributed by atoms with Gasteiger partial charge in [-0.1, -0.05) is 19.9 Å². The van der Waals surface area contributed by atoms with Crippen LogP contribution in [0.25, 0.3) is 11.1 Å². The lowest BCUT2D eigenvalue weighted by molar-refractivity contribution is -0.147. The van der Waals surface area contributed by atoms with Crippen LogP contribution in [0.15, 0.2) is 53.7 Å². The van der Waals surface area contributed by atoms with Crippen LogP contribution in [0.2, 0.25) is 0 Å². The van der Waals surface area contributed by atoms with Gasteiger partial charge in [0.25, 0.3) is 0 Å². The Labute approximate surface area is 231 Å². The van der Waals surface area contributed by atoms with Gasteiger partial charge in [-0.15, -0.1) is 0 Å². The zero-order valence-electron chi connectivity index (χ0n) is 22.8. The van der Waals surface area contributed by atoms with Gasteiger partial charge in [0, 0.05) is 29.6 Å². The molecule has 0 saturated carbocycles. The maximum Gasteiger partial charge on any atom is 0.404 e. The number of nitrogens with one attached hydrogen (secondary N) is 1. The van der Waals surface area contributed by atoms with Crippen LogP contribution >= 0.6 is 0 Å². The van der Waals surface area contributed by atoms with Crippen molar-refractivity contribution in [2.45, 2.75) is 70.5 Å². The Hall–Kier alpha value is -3.62. The molecule has 0 aliphatic carbocycles. The highest BCUT2D eigenvalue weighted by Crippen LogP contribution is 2.40. The molecule has 3 aromatic rings. The summed E-state index contributed by atoms with van der Waals surface area (Å²) >= 11 is 0. The van der Waals surface area contributed by atoms with Crippen molar-refractivity contribution in [1.29, 1.82) is 5.26 Å². The van der Waals surface area contributed by atoms with Gasteiger partial charge in [-0.3, -0.25) is 9.97 Å². The Morgan fingerprint density at radius 1 is 1.10 bits per heavy atom. The monoisotopic (exact) mass is 574 g/mol. The first-order valence-corrected chi connectivity index (χ1v) is 14.1. The predicted molar refractivity (Wildman–Crippen MR) is 145 cm³/mol. The standard InChI is InChI=1S/C29H30F4N4O2S/c1-6-20-13-18(4)23(14-25(20)30)24(15-34)28(22(7-2)27-12-17(3)10-11-35-27)26-9-8-21(16-36-26)40(38,39)37-19(5)29(31,32)33/h8-14,16,19,22,37H,6-7H2,1-5H3. The second kappa shape index (κ2) is 12.3. The van der Waals surface area contributed by atoms with E-state index in [2.05, 4.69) is 16.0 Å². The van der Waals surface area contributed by atoms with Gasteiger partial charge < -0.3 is 0 Å². The number of benzene rings is 1. The van der Waals surface area contributed by atoms with Crippen LogP contribution in [-0.2, 0) is 16.4 Å². The average molecular weight is 575 g/mol. The zero-order chi connectivity index (χ0) is 29.8. The maximum atomic E-state index is 14.9. The molecular weight excluding hydrogens is 544 g/mol. The van der Waals surface area contributed by atoms with Gasteiger partial charge >= 0.3 is 6.18 Å². The Kier molecular flexibility index (Phi) is 9.48. The number of hydrogen-bond donors (Lipinski definition) is 1. The molecule has 40 heavy (non-hydrogen) atoms. The summed E-state index contributed by atoms with van der Waals surface area (Å²) in [6.45, 7) is 8.07. The van der Waals surface area contributed by atoms with Crippen LogP contribution in [0.5, 0.6) is 0 Å². The molecule has 0 aliphatic heterocycles. The third kappa shape index (κ3) is 6.74. The molecule has 11 heteroatoms. The normalized spacial score (nSPS) is 14.3. The number of aromatic nitrogens is 2. The summed E-state index contributed by atoms with van der Waals surface area (Å²) in [6.07, 6.45) is -1.26. The van der Waals surface area contributed by atoms with E-state index >= 15 is 0 Å². The number of rotatable bonds is 9. The van der Waals surface area contributed by atoms with Crippen LogP contribution in [0.4, 0.5) is 17.6 Å². The quantitative estimate of drug-likeness (QED) is 0.228. The molecule has 0 fully saturated rings. The van der Waals surface area contributed by atoms with E-state index in [9.17, 15) is 31.2 Å². The second-order valence-electron chi connectivity index (χ2n) is 9.50. The Morgan fingerprint density at radius 3 is 2.33 bits per heavy atom. The van der Waals surface area contributed by atoms with Gasteiger partial charge in [-0.2, -0.15) is 23.2 Å². The Morgan fingerprint density at radius 2 is 1.80 bits per heavy atom. The number of nitriles is 1. The summed E-state index contributed by atoms with van der Waals surface area (Å²) in [7, 11) is -4.54. The Balaban J connectivity index is 2.26. The average Bonchev–Trinajstić information content (AvgIpc) is 2.89. The number of sulfonamides is 1. The minimum absolute atomic E-state index is 0.140. The van der Waals surface area contributed by atoms with E-state index in [1.165, 1.54) is 12.1 Å². The van der Waals surface area contributed by atoms with Crippen molar-refractivity contribution in [3.8, 4) is 6.07 Å². The molecule has 1 N–H and O–H groups in total. The smallest absolute Gasteiger partial charge is 0.261 e. The fourth-order valence-corrected chi connectivity index (χ4v) is 5.58. The first-order chi connectivity index (χ1) is 18.7. The summed E-state index contributed by atoms with van der Waals surface area (Å²) < 4.78 is 80.6. The topological polar surface area (TPSA) is 95.7 Å². The van der Waals surface area contributed by atoms with Crippen molar-refractivity contribution in [3.05, 3.63) is 88.3 Å². The maximum absolute atomic E-state index is 14.9. The van der Waals surface area contributed by atoms with Crippen molar-refractivity contribution >= 4 is 21.2 Å². The molecule has 212 valence electrons. The lowest BCUT2D eigenvalue weighted by atomic mass is 9.83. The first-order valence-electron chi connectivity index (χ1n) is 12.6. The van der Waals surface area contributed by atoms with Crippen molar-refractivity contribution in [2.24, 2.45) is 0 Å². The van der Waals surface area contributed by atoms with E-state index in [1.807, 2.05) is 32.9 Å². The third-order valence-electron chi connectivity index (χ3n) is 6.62.